The minimum absolute atomic E-state index is 0.0203. The number of ketones is 3. The number of nitrogens with zero attached hydrogens (tertiary/aromatic N) is 4. The van der Waals surface area contributed by atoms with Gasteiger partial charge in [-0.2, -0.15) is 0 Å². The molecular formula is C85H131N7O15. The van der Waals surface area contributed by atoms with E-state index in [1.807, 2.05) is 135 Å². The molecule has 7 N–H and O–H groups in total. The van der Waals surface area contributed by atoms with E-state index < -0.39 is 76.2 Å². The van der Waals surface area contributed by atoms with Crippen LogP contribution in [0.2, 0.25) is 0 Å². The maximum atomic E-state index is 14.8. The number of likely N-dealkylation sites (tertiary alicyclic amines) is 2. The fourth-order valence-corrected chi connectivity index (χ4v) is 16.6. The van der Waals surface area contributed by atoms with Gasteiger partial charge >= 0.3 is 5.97 Å². The molecule has 4 amide bonds. The van der Waals surface area contributed by atoms with Gasteiger partial charge in [0.05, 0.1) is 42.8 Å². The highest BCUT2D eigenvalue weighted by Gasteiger charge is 2.58. The van der Waals surface area contributed by atoms with Gasteiger partial charge in [-0.25, -0.2) is 4.79 Å². The Balaban J connectivity index is 0.000000236. The Kier molecular flexibility index (Phi) is 29.9. The van der Waals surface area contributed by atoms with E-state index in [9.17, 15) is 53.7 Å². The van der Waals surface area contributed by atoms with E-state index in [0.717, 1.165) is 146 Å². The number of benzene rings is 2. The lowest BCUT2D eigenvalue weighted by Gasteiger charge is -2.36. The Morgan fingerprint density at radius 1 is 0.551 bits per heavy atom. The van der Waals surface area contributed by atoms with Crippen LogP contribution in [0.3, 0.4) is 0 Å². The summed E-state index contributed by atoms with van der Waals surface area (Å²) in [5, 5.41) is 45.8. The van der Waals surface area contributed by atoms with Gasteiger partial charge in [0.15, 0.2) is 28.6 Å². The molecule has 2 aromatic carbocycles. The van der Waals surface area contributed by atoms with Crippen LogP contribution in [0.5, 0.6) is 11.5 Å². The van der Waals surface area contributed by atoms with E-state index in [2.05, 4.69) is 20.9 Å². The highest BCUT2D eigenvalue weighted by Crippen LogP contribution is 2.45. The molecule has 0 radical (unpaired) electrons. The van der Waals surface area contributed by atoms with E-state index in [0.29, 0.717) is 75.0 Å². The number of nitrogens with two attached hydrogens (primary N) is 1. The van der Waals surface area contributed by atoms with Gasteiger partial charge < -0.3 is 60.6 Å². The highest BCUT2D eigenvalue weighted by atomic mass is 16.7. The molecule has 10 atom stereocenters. The van der Waals surface area contributed by atoms with Crippen molar-refractivity contribution in [2.45, 2.75) is 350 Å². The second-order valence-corrected chi connectivity index (χ2v) is 35.8. The zero-order valence-corrected chi connectivity index (χ0v) is 67.5. The van der Waals surface area contributed by atoms with Crippen LogP contribution in [0.4, 0.5) is 0 Å². The van der Waals surface area contributed by atoms with Gasteiger partial charge in [0.2, 0.25) is 23.6 Å². The number of carbonyl (C=O) groups is 8. The lowest BCUT2D eigenvalue weighted by molar-refractivity contribution is -0.150. The van der Waals surface area contributed by atoms with Crippen LogP contribution in [0, 0.1) is 68.1 Å². The Hall–Kier alpha value is -6.78. The van der Waals surface area contributed by atoms with Crippen molar-refractivity contribution in [3.63, 3.8) is 0 Å². The molecule has 22 nitrogen and oxygen atoms in total. The number of rotatable bonds is 30. The molecule has 4 heterocycles. The van der Waals surface area contributed by atoms with E-state index in [1.165, 1.54) is 17.7 Å². The molecule has 4 aliphatic carbocycles. The molecule has 22 heteroatoms. The van der Waals surface area contributed by atoms with Gasteiger partial charge in [0.25, 0.3) is 0 Å². The Labute approximate surface area is 637 Å². The van der Waals surface area contributed by atoms with E-state index in [-0.39, 0.29) is 85.7 Å². The summed E-state index contributed by atoms with van der Waals surface area (Å²) in [6.07, 6.45) is 18.9. The lowest BCUT2D eigenvalue weighted by atomic mass is 9.83. The number of Topliss-reactive ketones (excluding diaryl/α,β-unsaturated/α-hetero) is 3. The number of aliphatic hydroxyl groups excluding tert-OH is 2. The Morgan fingerprint density at radius 3 is 1.27 bits per heavy atom. The maximum absolute atomic E-state index is 14.8. The van der Waals surface area contributed by atoms with Crippen molar-refractivity contribution in [2.24, 2.45) is 56.5 Å². The number of carbonyl (C=O) groups excluding carboxylic acids is 7. The molecule has 107 heavy (non-hydrogen) atoms. The van der Waals surface area contributed by atoms with Gasteiger partial charge in [-0.15, -0.1) is 0 Å². The van der Waals surface area contributed by atoms with E-state index >= 15 is 0 Å². The first kappa shape index (κ1) is 85.8. The number of aryl methyl sites for hydroxylation is 4. The molecule has 4 aliphatic heterocycles. The second kappa shape index (κ2) is 37.3. The predicted molar refractivity (Wildman–Crippen MR) is 414 cm³/mol. The number of ether oxygens (including phenoxy) is 2. The number of aliphatic hydroxyl groups is 2. The second-order valence-electron chi connectivity index (χ2n) is 35.8. The zero-order valence-electron chi connectivity index (χ0n) is 67.5. The van der Waals surface area contributed by atoms with Gasteiger partial charge in [0, 0.05) is 75.0 Å². The summed E-state index contributed by atoms with van der Waals surface area (Å²) >= 11 is 0. The first-order chi connectivity index (χ1) is 50.3. The van der Waals surface area contributed by atoms with Crippen molar-refractivity contribution in [1.29, 1.82) is 0 Å². The standard InChI is InChI=1S/C43H65N3O7.C32H47N3O6.C10H19NO2/c1-9-13-31(38(50)36(48)20-30-16-17-30)22-35(47)34-24-43(23-33(45-53-43)32-18-27(4)39(28(5)19-32)52-26(2)3)25-46(34)41(51)40(42(6,7)8)44-37(49)21-29-14-11-10-12-15-29;1-19(2)40-27-20(3)13-23(14-21(27)4)24-16-32(41-34-24)17-25(30(38)39)35(18-32)29(37)28(31(5,6)7)33-26(36)15-22-11-9-8-10-12-22;1-2-3-8(11)10(13)9(12)6-7-4-5-7/h18-19,26,29-31,34,38,40,50H,9-17,20-25H2,1-8H3,(H,44,49);13-14,19,22,25,28H,8-12,15-18H2,1-7H3,(H,33,36)(H,38,39);7-8,10,13H,2-6,11H2,1H3/t31-,34+,38?,40-,43-;25-,28+,32+;8-,10?/m100/s1. The highest BCUT2D eigenvalue weighted by molar-refractivity contribution is 6.04. The summed E-state index contributed by atoms with van der Waals surface area (Å²) < 4.78 is 12.0. The molecule has 0 aromatic heterocycles. The SMILES string of the molecule is CCC[C@H](CC(=O)[C@@H]1C[C@]2(CC(c3cc(C)c(OC(C)C)c(C)c3)=NO2)CN1C(=O)[C@@H](NC(=O)CC1CCCCC1)C(C)(C)C)C(O)C(=O)CC1CC1.CCC[C@H](N)C(O)C(=O)CC1CC1.Cc1cc(C2=NO[C@]3(C2)C[C@@H](C(=O)O)N(C(=O)[C@@H](NC(=O)CC2CCCCC2)C(C)(C)C)C3)cc(C)c1OC(C)C. The fraction of sp³-hybridized carbons (Fsp3) is 0.741. The van der Waals surface area contributed by atoms with Crippen molar-refractivity contribution < 1.29 is 72.8 Å². The summed E-state index contributed by atoms with van der Waals surface area (Å²) in [5.74, 6) is 0.132. The largest absolute Gasteiger partial charge is 0.490 e. The van der Waals surface area contributed by atoms with Crippen LogP contribution in [-0.2, 0) is 48.0 Å². The lowest BCUT2D eigenvalue weighted by Crippen LogP contribution is -2.57. The summed E-state index contributed by atoms with van der Waals surface area (Å²) in [4.78, 5) is 122. The fourth-order valence-electron chi connectivity index (χ4n) is 16.6. The number of aliphatic carboxylic acids is 1. The smallest absolute Gasteiger partial charge is 0.326 e. The van der Waals surface area contributed by atoms with Crippen molar-refractivity contribution in [2.75, 3.05) is 13.1 Å². The number of amides is 4. The molecule has 4 saturated carbocycles. The molecule has 10 rings (SSSR count). The molecule has 2 aromatic rings. The Morgan fingerprint density at radius 2 is 0.916 bits per heavy atom. The minimum atomic E-state index is -1.22. The number of carboxylic acids is 1. The summed E-state index contributed by atoms with van der Waals surface area (Å²) in [6, 6.07) is 4.11. The third kappa shape index (κ3) is 23.6. The number of oxime groups is 2. The monoisotopic (exact) mass is 1490 g/mol. The average molecular weight is 1490 g/mol. The van der Waals surface area contributed by atoms with E-state index in [1.54, 1.807) is 4.90 Å². The Bertz CT molecular complexity index is 3470. The van der Waals surface area contributed by atoms with Gasteiger partial charge in [-0.3, -0.25) is 33.6 Å². The van der Waals surface area contributed by atoms with Crippen LogP contribution in [0.1, 0.15) is 290 Å². The molecule has 6 fully saturated rings. The molecule has 2 saturated heterocycles. The average Bonchev–Trinajstić information content (AvgIpc) is 1.61. The minimum Gasteiger partial charge on any atom is -0.490 e. The molecule has 8 aliphatic rings. The number of hydrogen-bond acceptors (Lipinski definition) is 17. The summed E-state index contributed by atoms with van der Waals surface area (Å²) in [7, 11) is 0. The molecule has 596 valence electrons. The van der Waals surface area contributed by atoms with Crippen molar-refractivity contribution >= 4 is 58.4 Å². The number of nitrogens with one attached hydrogen (secondary N) is 2. The summed E-state index contributed by atoms with van der Waals surface area (Å²) in [6.45, 7) is 31.7. The topological polar surface area (TPSA) is 315 Å². The molecular weight excluding hydrogens is 1360 g/mol. The third-order valence-corrected chi connectivity index (χ3v) is 22.9. The summed E-state index contributed by atoms with van der Waals surface area (Å²) in [5.41, 5.74) is 9.76. The molecule has 0 bridgehead atoms. The van der Waals surface area contributed by atoms with E-state index in [4.69, 9.17) is 24.9 Å². The zero-order chi connectivity index (χ0) is 78.6. The third-order valence-electron chi connectivity index (χ3n) is 22.9. The number of carboxylic acid groups (broad SMARTS) is 1. The van der Waals surface area contributed by atoms with Crippen LogP contribution in [0.25, 0.3) is 0 Å². The van der Waals surface area contributed by atoms with Crippen molar-refractivity contribution in [3.8, 4) is 11.5 Å². The molecule has 2 unspecified atom stereocenters. The first-order valence-electron chi connectivity index (χ1n) is 40.5. The van der Waals surface area contributed by atoms with Crippen molar-refractivity contribution in [1.82, 2.24) is 20.4 Å². The normalized spacial score (nSPS) is 23.5. The first-order valence-corrected chi connectivity index (χ1v) is 40.5. The molecule has 2 spiro atoms. The van der Waals surface area contributed by atoms with Crippen LogP contribution in [-0.4, -0.2) is 162 Å². The van der Waals surface area contributed by atoms with Crippen LogP contribution < -0.4 is 25.8 Å². The predicted octanol–water partition coefficient (Wildman–Crippen LogP) is 13.1. The van der Waals surface area contributed by atoms with Gasteiger partial charge in [-0.05, 0) is 207 Å². The maximum Gasteiger partial charge on any atom is 0.326 e. The van der Waals surface area contributed by atoms with Crippen molar-refractivity contribution in [3.05, 3.63) is 57.6 Å². The quantitative estimate of drug-likeness (QED) is 0.0423. The van der Waals surface area contributed by atoms with Crippen LogP contribution >= 0.6 is 0 Å². The van der Waals surface area contributed by atoms with Gasteiger partial charge in [-0.1, -0.05) is 117 Å². The van der Waals surface area contributed by atoms with Gasteiger partial charge in [0.1, 0.15) is 41.8 Å². The van der Waals surface area contributed by atoms with Crippen LogP contribution in [0.15, 0.2) is 34.6 Å². The number of hydrogen-bond donors (Lipinski definition) is 6.